The van der Waals surface area contributed by atoms with Crippen LogP contribution in [0.3, 0.4) is 0 Å². The summed E-state index contributed by atoms with van der Waals surface area (Å²) in [6.07, 6.45) is 3.29. The Kier molecular flexibility index (Phi) is 4.08. The molecule has 0 atom stereocenters. The number of aryl methyl sites for hydroxylation is 2. The third-order valence-electron chi connectivity index (χ3n) is 4.19. The van der Waals surface area contributed by atoms with E-state index in [0.717, 1.165) is 22.3 Å². The lowest BCUT2D eigenvalue weighted by molar-refractivity contribution is 0.627. The van der Waals surface area contributed by atoms with Gasteiger partial charge in [-0.3, -0.25) is 0 Å². The van der Waals surface area contributed by atoms with Crippen LogP contribution in [0.2, 0.25) is 0 Å². The third-order valence-corrected chi connectivity index (χ3v) is 4.19. The molecule has 0 fully saturated rings. The lowest BCUT2D eigenvalue weighted by atomic mass is 10.1. The minimum atomic E-state index is -0.243. The molecular formula is C20H18FN5. The Morgan fingerprint density at radius 2 is 1.73 bits per heavy atom. The fourth-order valence-electron chi connectivity index (χ4n) is 3.03. The lowest BCUT2D eigenvalue weighted by Gasteiger charge is -2.08. The first-order valence-corrected chi connectivity index (χ1v) is 8.36. The van der Waals surface area contributed by atoms with Crippen LogP contribution >= 0.6 is 0 Å². The molecule has 0 aliphatic rings. The highest BCUT2D eigenvalue weighted by Gasteiger charge is 2.11. The topological polar surface area (TPSA) is 55.6 Å². The van der Waals surface area contributed by atoms with Gasteiger partial charge >= 0.3 is 0 Å². The minimum Gasteiger partial charge on any atom is -0.365 e. The van der Waals surface area contributed by atoms with Gasteiger partial charge in [0.25, 0.3) is 0 Å². The van der Waals surface area contributed by atoms with Crippen LogP contribution in [0.1, 0.15) is 16.7 Å². The maximum Gasteiger partial charge on any atom is 0.168 e. The number of nitrogens with one attached hydrogen (secondary N) is 1. The molecule has 2 aromatic carbocycles. The Labute approximate surface area is 150 Å². The zero-order chi connectivity index (χ0) is 18.1. The highest BCUT2D eigenvalue weighted by atomic mass is 19.1. The van der Waals surface area contributed by atoms with Gasteiger partial charge in [-0.15, -0.1) is 0 Å². The summed E-state index contributed by atoms with van der Waals surface area (Å²) in [5.74, 6) is 0.461. The monoisotopic (exact) mass is 347 g/mol. The zero-order valence-corrected chi connectivity index (χ0v) is 14.6. The van der Waals surface area contributed by atoms with E-state index in [-0.39, 0.29) is 5.82 Å². The summed E-state index contributed by atoms with van der Waals surface area (Å²) in [5.41, 5.74) is 5.03. The molecular weight excluding hydrogens is 329 g/mol. The summed E-state index contributed by atoms with van der Waals surface area (Å²) in [6, 6.07) is 12.7. The molecule has 4 rings (SSSR count). The lowest BCUT2D eigenvalue weighted by Crippen LogP contribution is -2.03. The highest BCUT2D eigenvalue weighted by Crippen LogP contribution is 2.23. The average Bonchev–Trinajstić information content (AvgIpc) is 3.05. The SMILES string of the molecule is Cc1cc(C)cc(-n2ncc3c(NCc4ccc(F)cc4)ncnc32)c1. The molecule has 0 saturated carbocycles. The van der Waals surface area contributed by atoms with E-state index in [0.29, 0.717) is 12.4 Å². The van der Waals surface area contributed by atoms with Crippen molar-refractivity contribution in [1.82, 2.24) is 19.7 Å². The van der Waals surface area contributed by atoms with Crippen LogP contribution in [-0.4, -0.2) is 19.7 Å². The summed E-state index contributed by atoms with van der Waals surface area (Å²) in [6.45, 7) is 4.67. The maximum atomic E-state index is 13.0. The number of hydrogen-bond acceptors (Lipinski definition) is 4. The number of nitrogens with zero attached hydrogens (tertiary/aromatic N) is 4. The first-order valence-electron chi connectivity index (χ1n) is 8.36. The smallest absolute Gasteiger partial charge is 0.168 e. The van der Waals surface area contributed by atoms with Gasteiger partial charge in [0.1, 0.15) is 18.0 Å². The first kappa shape index (κ1) is 16.2. The molecule has 0 spiro atoms. The first-order chi connectivity index (χ1) is 12.6. The highest BCUT2D eigenvalue weighted by molar-refractivity contribution is 5.87. The predicted octanol–water partition coefficient (Wildman–Crippen LogP) is 4.18. The molecule has 0 bridgehead atoms. The predicted molar refractivity (Wildman–Crippen MR) is 99.9 cm³/mol. The molecule has 26 heavy (non-hydrogen) atoms. The van der Waals surface area contributed by atoms with Crippen LogP contribution in [0.25, 0.3) is 16.7 Å². The quantitative estimate of drug-likeness (QED) is 0.602. The Bertz CT molecular complexity index is 1050. The molecule has 0 aliphatic heterocycles. The largest absolute Gasteiger partial charge is 0.365 e. The minimum absolute atomic E-state index is 0.243. The van der Waals surface area contributed by atoms with E-state index < -0.39 is 0 Å². The van der Waals surface area contributed by atoms with Crippen molar-refractivity contribution < 1.29 is 4.39 Å². The van der Waals surface area contributed by atoms with E-state index >= 15 is 0 Å². The number of aromatic nitrogens is 4. The van der Waals surface area contributed by atoms with E-state index in [4.69, 9.17) is 0 Å². The average molecular weight is 347 g/mol. The maximum absolute atomic E-state index is 13.0. The Morgan fingerprint density at radius 1 is 1.00 bits per heavy atom. The molecule has 130 valence electrons. The van der Waals surface area contributed by atoms with Crippen LogP contribution in [0, 0.1) is 19.7 Å². The summed E-state index contributed by atoms with van der Waals surface area (Å²) in [5, 5.41) is 8.63. The van der Waals surface area contributed by atoms with Crippen LogP contribution in [0.4, 0.5) is 10.2 Å². The molecule has 0 radical (unpaired) electrons. The summed E-state index contributed by atoms with van der Waals surface area (Å²) in [4.78, 5) is 8.74. The van der Waals surface area contributed by atoms with Gasteiger partial charge in [-0.1, -0.05) is 18.2 Å². The van der Waals surface area contributed by atoms with Crippen LogP contribution in [0.5, 0.6) is 0 Å². The van der Waals surface area contributed by atoms with Gasteiger partial charge < -0.3 is 5.32 Å². The van der Waals surface area contributed by atoms with E-state index in [2.05, 4.69) is 52.4 Å². The van der Waals surface area contributed by atoms with Crippen molar-refractivity contribution in [3.63, 3.8) is 0 Å². The standard InChI is InChI=1S/C20H18FN5/c1-13-7-14(2)9-17(8-13)26-20-18(11-25-26)19(23-12-24-20)22-10-15-3-5-16(21)6-4-15/h3-9,11-12H,10H2,1-2H3,(H,22,23,24). The molecule has 4 aromatic rings. The number of benzene rings is 2. The van der Waals surface area contributed by atoms with Gasteiger partial charge in [-0.05, 0) is 54.8 Å². The number of anilines is 1. The number of hydrogen-bond donors (Lipinski definition) is 1. The second-order valence-corrected chi connectivity index (χ2v) is 6.34. The van der Waals surface area contributed by atoms with E-state index in [1.54, 1.807) is 18.3 Å². The van der Waals surface area contributed by atoms with Gasteiger partial charge in [-0.25, -0.2) is 19.0 Å². The van der Waals surface area contributed by atoms with Crippen LogP contribution in [0.15, 0.2) is 55.0 Å². The second-order valence-electron chi connectivity index (χ2n) is 6.34. The van der Waals surface area contributed by atoms with Crippen molar-refractivity contribution in [2.24, 2.45) is 0 Å². The number of rotatable bonds is 4. The van der Waals surface area contributed by atoms with Crippen molar-refractivity contribution in [3.8, 4) is 5.69 Å². The Morgan fingerprint density at radius 3 is 2.46 bits per heavy atom. The van der Waals surface area contributed by atoms with Gasteiger partial charge in [0.15, 0.2) is 5.65 Å². The van der Waals surface area contributed by atoms with E-state index in [1.165, 1.54) is 29.6 Å². The van der Waals surface area contributed by atoms with E-state index in [1.807, 2.05) is 4.68 Å². The summed E-state index contributed by atoms with van der Waals surface area (Å²) in [7, 11) is 0. The van der Waals surface area contributed by atoms with Crippen molar-refractivity contribution in [2.45, 2.75) is 20.4 Å². The molecule has 2 heterocycles. The normalized spacial score (nSPS) is 11.0. The van der Waals surface area contributed by atoms with Crippen molar-refractivity contribution in [2.75, 3.05) is 5.32 Å². The van der Waals surface area contributed by atoms with Gasteiger partial charge in [0, 0.05) is 6.54 Å². The Hall–Kier alpha value is -3.28. The molecule has 0 aliphatic carbocycles. The number of halogens is 1. The molecule has 6 heteroatoms. The molecule has 0 unspecified atom stereocenters. The summed E-state index contributed by atoms with van der Waals surface area (Å²) < 4.78 is 14.8. The molecule has 2 aromatic heterocycles. The molecule has 5 nitrogen and oxygen atoms in total. The second kappa shape index (κ2) is 6.55. The Balaban J connectivity index is 1.67. The van der Waals surface area contributed by atoms with Crippen molar-refractivity contribution in [3.05, 3.63) is 77.5 Å². The van der Waals surface area contributed by atoms with Crippen LogP contribution < -0.4 is 5.32 Å². The third kappa shape index (κ3) is 3.13. The van der Waals surface area contributed by atoms with Crippen molar-refractivity contribution in [1.29, 1.82) is 0 Å². The molecule has 0 amide bonds. The van der Waals surface area contributed by atoms with Gasteiger partial charge in [-0.2, -0.15) is 5.10 Å². The fourth-order valence-corrected chi connectivity index (χ4v) is 3.03. The van der Waals surface area contributed by atoms with Crippen LogP contribution in [-0.2, 0) is 6.54 Å². The molecule has 1 N–H and O–H groups in total. The number of fused-ring (bicyclic) bond motifs is 1. The fraction of sp³-hybridized carbons (Fsp3) is 0.150. The van der Waals surface area contributed by atoms with Gasteiger partial charge in [0.2, 0.25) is 0 Å². The van der Waals surface area contributed by atoms with Gasteiger partial charge in [0.05, 0.1) is 17.3 Å². The van der Waals surface area contributed by atoms with Crippen molar-refractivity contribution >= 4 is 16.9 Å². The zero-order valence-electron chi connectivity index (χ0n) is 14.6. The summed E-state index contributed by atoms with van der Waals surface area (Å²) >= 11 is 0. The molecule has 0 saturated heterocycles. The van der Waals surface area contributed by atoms with E-state index in [9.17, 15) is 4.39 Å².